The topological polar surface area (TPSA) is 30.5 Å². The summed E-state index contributed by atoms with van der Waals surface area (Å²) in [6.07, 6.45) is 2.02. The van der Waals surface area contributed by atoms with Crippen molar-refractivity contribution < 1.29 is 9.47 Å². The summed E-state index contributed by atoms with van der Waals surface area (Å²) in [5.74, 6) is 0.944. The van der Waals surface area contributed by atoms with Crippen LogP contribution < -0.4 is 10.1 Å². The molecule has 0 saturated carbocycles. The Labute approximate surface area is 110 Å². The summed E-state index contributed by atoms with van der Waals surface area (Å²) in [7, 11) is 1.96. The highest BCUT2D eigenvalue weighted by Gasteiger charge is 2.06. The van der Waals surface area contributed by atoms with Gasteiger partial charge in [0.05, 0.1) is 13.2 Å². The van der Waals surface area contributed by atoms with Crippen LogP contribution in [0.2, 0.25) is 0 Å². The minimum Gasteiger partial charge on any atom is -0.494 e. The van der Waals surface area contributed by atoms with Gasteiger partial charge in [-0.05, 0) is 44.5 Å². The molecule has 1 aromatic rings. The van der Waals surface area contributed by atoms with E-state index in [1.807, 2.05) is 19.2 Å². The third kappa shape index (κ3) is 6.03. The van der Waals surface area contributed by atoms with Gasteiger partial charge in [0.2, 0.25) is 0 Å². The zero-order chi connectivity index (χ0) is 13.2. The quantitative estimate of drug-likeness (QED) is 0.685. The minimum absolute atomic E-state index is 0.362. The smallest absolute Gasteiger partial charge is 0.119 e. The first kappa shape index (κ1) is 15.0. The van der Waals surface area contributed by atoms with Crippen LogP contribution in [0.25, 0.3) is 0 Å². The molecule has 0 aliphatic carbocycles. The molecular formula is C15H25NO2. The van der Waals surface area contributed by atoms with Gasteiger partial charge < -0.3 is 14.8 Å². The van der Waals surface area contributed by atoms with Crippen LogP contribution in [0.3, 0.4) is 0 Å². The Morgan fingerprint density at radius 1 is 1.28 bits per heavy atom. The first-order valence-electron chi connectivity index (χ1n) is 6.70. The zero-order valence-corrected chi connectivity index (χ0v) is 11.7. The lowest BCUT2D eigenvalue weighted by molar-refractivity contribution is 0.106. The summed E-state index contributed by atoms with van der Waals surface area (Å²) in [6, 6.07) is 8.50. The fourth-order valence-electron chi connectivity index (χ4n) is 1.71. The van der Waals surface area contributed by atoms with Gasteiger partial charge in [-0.15, -0.1) is 0 Å². The molecule has 1 N–H and O–H groups in total. The van der Waals surface area contributed by atoms with Crippen molar-refractivity contribution >= 4 is 0 Å². The molecule has 1 aromatic carbocycles. The van der Waals surface area contributed by atoms with Crippen molar-refractivity contribution in [3.8, 4) is 5.75 Å². The van der Waals surface area contributed by atoms with Crippen LogP contribution in [-0.2, 0) is 4.74 Å². The molecule has 1 rings (SSSR count). The van der Waals surface area contributed by atoms with Crippen LogP contribution in [0.5, 0.6) is 5.75 Å². The number of ether oxygens (including phenoxy) is 2. The van der Waals surface area contributed by atoms with Gasteiger partial charge >= 0.3 is 0 Å². The van der Waals surface area contributed by atoms with E-state index in [0.29, 0.717) is 12.6 Å². The normalized spacial score (nSPS) is 12.4. The van der Waals surface area contributed by atoms with E-state index in [0.717, 1.165) is 31.8 Å². The maximum atomic E-state index is 5.73. The second kappa shape index (κ2) is 8.95. The lowest BCUT2D eigenvalue weighted by Crippen LogP contribution is -2.32. The van der Waals surface area contributed by atoms with E-state index in [1.54, 1.807) is 0 Å². The number of likely N-dealkylation sites (N-methyl/N-ethyl adjacent to an activating group) is 1. The number of rotatable bonds is 9. The van der Waals surface area contributed by atoms with E-state index in [1.165, 1.54) is 5.56 Å². The van der Waals surface area contributed by atoms with Gasteiger partial charge in [0.1, 0.15) is 5.75 Å². The third-order valence-corrected chi connectivity index (χ3v) is 2.80. The van der Waals surface area contributed by atoms with Crippen molar-refractivity contribution in [2.45, 2.75) is 32.7 Å². The number of aryl methyl sites for hydroxylation is 1. The lowest BCUT2D eigenvalue weighted by Gasteiger charge is -2.16. The highest BCUT2D eigenvalue weighted by atomic mass is 16.5. The van der Waals surface area contributed by atoms with E-state index < -0.39 is 0 Å². The Bertz CT molecular complexity index is 328. The SMILES string of the molecule is CCCOCC(CCOc1cccc(C)c1)NC. The molecular weight excluding hydrogens is 226 g/mol. The van der Waals surface area contributed by atoms with Crippen LogP contribution in [0.4, 0.5) is 0 Å². The van der Waals surface area contributed by atoms with Crippen molar-refractivity contribution in [1.29, 1.82) is 0 Å². The second-order valence-corrected chi connectivity index (χ2v) is 4.51. The second-order valence-electron chi connectivity index (χ2n) is 4.51. The van der Waals surface area contributed by atoms with Gasteiger partial charge in [-0.3, -0.25) is 0 Å². The predicted octanol–water partition coefficient (Wildman–Crippen LogP) is 2.78. The first-order valence-corrected chi connectivity index (χ1v) is 6.70. The molecule has 3 nitrogen and oxygen atoms in total. The van der Waals surface area contributed by atoms with Gasteiger partial charge in [0, 0.05) is 12.6 Å². The van der Waals surface area contributed by atoms with Gasteiger partial charge in [0.25, 0.3) is 0 Å². The van der Waals surface area contributed by atoms with Gasteiger partial charge in [0.15, 0.2) is 0 Å². The minimum atomic E-state index is 0.362. The van der Waals surface area contributed by atoms with E-state index in [2.05, 4.69) is 31.3 Å². The van der Waals surface area contributed by atoms with Crippen molar-refractivity contribution in [2.24, 2.45) is 0 Å². The molecule has 0 bridgehead atoms. The van der Waals surface area contributed by atoms with E-state index in [4.69, 9.17) is 9.47 Å². The highest BCUT2D eigenvalue weighted by molar-refractivity contribution is 5.27. The van der Waals surface area contributed by atoms with Gasteiger partial charge in [-0.2, -0.15) is 0 Å². The number of hydrogen-bond acceptors (Lipinski definition) is 3. The van der Waals surface area contributed by atoms with E-state index in [-0.39, 0.29) is 0 Å². The summed E-state index contributed by atoms with van der Waals surface area (Å²) in [5.41, 5.74) is 1.23. The molecule has 102 valence electrons. The maximum absolute atomic E-state index is 5.73. The molecule has 0 aliphatic rings. The molecule has 0 amide bonds. The molecule has 0 saturated heterocycles. The van der Waals surface area contributed by atoms with E-state index >= 15 is 0 Å². The third-order valence-electron chi connectivity index (χ3n) is 2.80. The molecule has 0 aliphatic heterocycles. The molecule has 0 aromatic heterocycles. The van der Waals surface area contributed by atoms with Crippen LogP contribution in [0.15, 0.2) is 24.3 Å². The summed E-state index contributed by atoms with van der Waals surface area (Å²) < 4.78 is 11.3. The van der Waals surface area contributed by atoms with Crippen LogP contribution >= 0.6 is 0 Å². The Morgan fingerprint density at radius 2 is 2.11 bits per heavy atom. The number of nitrogens with one attached hydrogen (secondary N) is 1. The Kier molecular flexibility index (Phi) is 7.46. The average molecular weight is 251 g/mol. The monoisotopic (exact) mass is 251 g/mol. The fourth-order valence-corrected chi connectivity index (χ4v) is 1.71. The van der Waals surface area contributed by atoms with Crippen LogP contribution in [0.1, 0.15) is 25.3 Å². The molecule has 1 atom stereocenters. The molecule has 0 fully saturated rings. The molecule has 0 radical (unpaired) electrons. The van der Waals surface area contributed by atoms with Crippen LogP contribution in [0, 0.1) is 6.92 Å². The Balaban J connectivity index is 2.22. The molecule has 3 heteroatoms. The maximum Gasteiger partial charge on any atom is 0.119 e. The van der Waals surface area contributed by atoms with Gasteiger partial charge in [-0.1, -0.05) is 19.1 Å². The molecule has 0 heterocycles. The van der Waals surface area contributed by atoms with Crippen molar-refractivity contribution in [3.63, 3.8) is 0 Å². The summed E-state index contributed by atoms with van der Waals surface area (Å²) in [6.45, 7) is 6.49. The predicted molar refractivity (Wildman–Crippen MR) is 75.2 cm³/mol. The van der Waals surface area contributed by atoms with Crippen molar-refractivity contribution in [2.75, 3.05) is 26.9 Å². The van der Waals surface area contributed by atoms with Gasteiger partial charge in [-0.25, -0.2) is 0 Å². The van der Waals surface area contributed by atoms with Crippen molar-refractivity contribution in [1.82, 2.24) is 5.32 Å². The number of benzene rings is 1. The fraction of sp³-hybridized carbons (Fsp3) is 0.600. The highest BCUT2D eigenvalue weighted by Crippen LogP contribution is 2.12. The zero-order valence-electron chi connectivity index (χ0n) is 11.7. The lowest BCUT2D eigenvalue weighted by atomic mass is 10.2. The Hall–Kier alpha value is -1.06. The molecule has 0 spiro atoms. The molecule has 18 heavy (non-hydrogen) atoms. The van der Waals surface area contributed by atoms with E-state index in [9.17, 15) is 0 Å². The summed E-state index contributed by atoms with van der Waals surface area (Å²) in [5, 5.41) is 3.25. The summed E-state index contributed by atoms with van der Waals surface area (Å²) in [4.78, 5) is 0. The largest absolute Gasteiger partial charge is 0.494 e. The number of hydrogen-bond donors (Lipinski definition) is 1. The molecule has 1 unspecified atom stereocenters. The summed E-state index contributed by atoms with van der Waals surface area (Å²) >= 11 is 0. The average Bonchev–Trinajstić information content (AvgIpc) is 2.37. The Morgan fingerprint density at radius 3 is 2.78 bits per heavy atom. The van der Waals surface area contributed by atoms with Crippen molar-refractivity contribution in [3.05, 3.63) is 29.8 Å². The standard InChI is InChI=1S/C15H25NO2/c1-4-9-17-12-14(16-3)8-10-18-15-7-5-6-13(2)11-15/h5-7,11,14,16H,4,8-10,12H2,1-3H3. The van der Waals surface area contributed by atoms with Crippen LogP contribution in [-0.4, -0.2) is 32.9 Å². The first-order chi connectivity index (χ1) is 8.76.